The third kappa shape index (κ3) is 2.61. The number of aliphatic hydroxyl groups excluding tert-OH is 1. The van der Waals surface area contributed by atoms with E-state index < -0.39 is 0 Å². The first-order chi connectivity index (χ1) is 9.88. The van der Waals surface area contributed by atoms with Crippen LogP contribution in [0.1, 0.15) is 17.5 Å². The van der Waals surface area contributed by atoms with Crippen LogP contribution in [0.5, 0.6) is 0 Å². The topological polar surface area (TPSA) is 25.2 Å². The molecule has 0 aliphatic heterocycles. The Bertz CT molecular complexity index is 685. The summed E-state index contributed by atoms with van der Waals surface area (Å²) in [6.45, 7) is 1.08. The largest absolute Gasteiger partial charge is 0.392 e. The molecule has 2 aromatic carbocycles. The van der Waals surface area contributed by atoms with Gasteiger partial charge in [-0.05, 0) is 29.9 Å². The van der Waals surface area contributed by atoms with Gasteiger partial charge in [0.25, 0.3) is 0 Å². The summed E-state index contributed by atoms with van der Waals surface area (Å²) in [5, 5.41) is 10.7. The number of aromatic nitrogens is 1. The molecular weight excluding hydrogens is 246 g/mol. The van der Waals surface area contributed by atoms with E-state index in [1.807, 2.05) is 12.1 Å². The van der Waals surface area contributed by atoms with Gasteiger partial charge in [0.15, 0.2) is 0 Å². The molecule has 0 spiro atoms. The van der Waals surface area contributed by atoms with Crippen molar-refractivity contribution in [1.29, 1.82) is 0 Å². The minimum atomic E-state index is 0.0973. The fraction of sp³-hybridized carbons (Fsp3) is 0.222. The Kier molecular flexibility index (Phi) is 3.84. The van der Waals surface area contributed by atoms with Crippen LogP contribution in [0.2, 0.25) is 0 Å². The summed E-state index contributed by atoms with van der Waals surface area (Å²) in [7, 11) is 0. The Labute approximate surface area is 119 Å². The number of fused-ring (bicyclic) bond motifs is 1. The first-order valence-corrected chi connectivity index (χ1v) is 7.10. The second kappa shape index (κ2) is 5.93. The molecule has 3 rings (SSSR count). The molecule has 102 valence electrons. The number of aryl methyl sites for hydroxylation is 2. The molecule has 0 saturated carbocycles. The molecule has 20 heavy (non-hydrogen) atoms. The first kappa shape index (κ1) is 12.9. The van der Waals surface area contributed by atoms with Crippen LogP contribution in [0.4, 0.5) is 0 Å². The lowest BCUT2D eigenvalue weighted by Crippen LogP contribution is -2.00. The average Bonchev–Trinajstić information content (AvgIpc) is 2.92. The van der Waals surface area contributed by atoms with Gasteiger partial charge in [0, 0.05) is 18.3 Å². The van der Waals surface area contributed by atoms with Crippen LogP contribution >= 0.6 is 0 Å². The molecule has 0 atom stereocenters. The summed E-state index contributed by atoms with van der Waals surface area (Å²) in [4.78, 5) is 0. The lowest BCUT2D eigenvalue weighted by Gasteiger charge is -2.08. The van der Waals surface area contributed by atoms with Crippen molar-refractivity contribution in [3.05, 3.63) is 71.9 Å². The second-order valence-corrected chi connectivity index (χ2v) is 5.11. The van der Waals surface area contributed by atoms with Gasteiger partial charge in [0.05, 0.1) is 12.1 Å². The zero-order valence-corrected chi connectivity index (χ0v) is 11.5. The fourth-order valence-electron chi connectivity index (χ4n) is 2.75. The molecule has 1 heterocycles. The van der Waals surface area contributed by atoms with Crippen LogP contribution in [0, 0.1) is 0 Å². The van der Waals surface area contributed by atoms with Gasteiger partial charge in [0.2, 0.25) is 0 Å². The van der Waals surface area contributed by atoms with E-state index in [9.17, 15) is 5.11 Å². The Balaban J connectivity index is 1.75. The molecule has 0 aliphatic carbocycles. The van der Waals surface area contributed by atoms with Gasteiger partial charge < -0.3 is 9.67 Å². The Morgan fingerprint density at radius 1 is 0.900 bits per heavy atom. The fourth-order valence-corrected chi connectivity index (χ4v) is 2.75. The minimum absolute atomic E-state index is 0.0973. The van der Waals surface area contributed by atoms with Gasteiger partial charge in [-0.15, -0.1) is 0 Å². The van der Waals surface area contributed by atoms with Gasteiger partial charge in [-0.3, -0.25) is 0 Å². The summed E-state index contributed by atoms with van der Waals surface area (Å²) in [6.07, 6.45) is 4.31. The van der Waals surface area contributed by atoms with Crippen molar-refractivity contribution < 1.29 is 5.11 Å². The van der Waals surface area contributed by atoms with E-state index in [0.29, 0.717) is 0 Å². The molecule has 2 nitrogen and oxygen atoms in total. The smallest absolute Gasteiger partial charge is 0.0702 e. The van der Waals surface area contributed by atoms with Crippen molar-refractivity contribution in [3.8, 4) is 0 Å². The normalized spacial score (nSPS) is 11.1. The average molecular weight is 265 g/mol. The minimum Gasteiger partial charge on any atom is -0.392 e. The number of hydrogen-bond acceptors (Lipinski definition) is 1. The van der Waals surface area contributed by atoms with Crippen molar-refractivity contribution in [3.63, 3.8) is 0 Å². The maximum atomic E-state index is 9.47. The molecule has 0 amide bonds. The van der Waals surface area contributed by atoms with Crippen molar-refractivity contribution in [1.82, 2.24) is 4.57 Å². The Morgan fingerprint density at radius 2 is 1.75 bits per heavy atom. The van der Waals surface area contributed by atoms with Crippen molar-refractivity contribution >= 4 is 10.9 Å². The van der Waals surface area contributed by atoms with E-state index in [0.717, 1.165) is 24.9 Å². The van der Waals surface area contributed by atoms with Gasteiger partial charge in [-0.2, -0.15) is 0 Å². The molecule has 0 radical (unpaired) electrons. The zero-order chi connectivity index (χ0) is 13.8. The highest BCUT2D eigenvalue weighted by Crippen LogP contribution is 2.21. The standard InChI is InChI=1S/C18H19NO/c20-14-17-10-4-9-16-11-13-19(18(16)17)12-5-8-15-6-2-1-3-7-15/h1-4,6-7,9-11,13,20H,5,8,12,14H2. The molecule has 0 saturated heterocycles. The molecule has 0 unspecified atom stereocenters. The van der Waals surface area contributed by atoms with E-state index in [-0.39, 0.29) is 6.61 Å². The molecule has 1 N–H and O–H groups in total. The maximum absolute atomic E-state index is 9.47. The van der Waals surface area contributed by atoms with E-state index in [4.69, 9.17) is 0 Å². The van der Waals surface area contributed by atoms with E-state index in [2.05, 4.69) is 53.2 Å². The van der Waals surface area contributed by atoms with Crippen LogP contribution in [0.15, 0.2) is 60.8 Å². The number of benzene rings is 2. The third-order valence-electron chi connectivity index (χ3n) is 3.75. The Morgan fingerprint density at radius 3 is 2.55 bits per heavy atom. The van der Waals surface area contributed by atoms with Crippen LogP contribution in [-0.2, 0) is 19.6 Å². The van der Waals surface area contributed by atoms with Gasteiger partial charge in [-0.25, -0.2) is 0 Å². The predicted octanol–water partition coefficient (Wildman–Crippen LogP) is 3.77. The van der Waals surface area contributed by atoms with Crippen LogP contribution in [0.3, 0.4) is 0 Å². The second-order valence-electron chi connectivity index (χ2n) is 5.11. The van der Waals surface area contributed by atoms with Crippen LogP contribution in [0.25, 0.3) is 10.9 Å². The predicted molar refractivity (Wildman–Crippen MR) is 82.6 cm³/mol. The molecule has 0 fully saturated rings. The van der Waals surface area contributed by atoms with Crippen molar-refractivity contribution in [2.45, 2.75) is 26.0 Å². The van der Waals surface area contributed by atoms with Gasteiger partial charge in [0.1, 0.15) is 0 Å². The number of hydrogen-bond donors (Lipinski definition) is 1. The Hall–Kier alpha value is -2.06. The molecule has 0 bridgehead atoms. The summed E-state index contributed by atoms with van der Waals surface area (Å²) in [5.41, 5.74) is 3.56. The lowest BCUT2D eigenvalue weighted by atomic mass is 10.1. The highest BCUT2D eigenvalue weighted by molar-refractivity contribution is 5.83. The van der Waals surface area contributed by atoms with Gasteiger partial charge in [-0.1, -0.05) is 48.5 Å². The quantitative estimate of drug-likeness (QED) is 0.746. The molecule has 1 aromatic heterocycles. The maximum Gasteiger partial charge on any atom is 0.0702 e. The summed E-state index contributed by atoms with van der Waals surface area (Å²) in [5.74, 6) is 0. The summed E-state index contributed by atoms with van der Waals surface area (Å²) < 4.78 is 2.25. The number of para-hydroxylation sites is 1. The number of rotatable bonds is 5. The van der Waals surface area contributed by atoms with E-state index in [1.165, 1.54) is 16.5 Å². The van der Waals surface area contributed by atoms with Crippen LogP contribution < -0.4 is 0 Å². The molecule has 0 aliphatic rings. The molecule has 3 aromatic rings. The lowest BCUT2D eigenvalue weighted by molar-refractivity contribution is 0.283. The SMILES string of the molecule is OCc1cccc2ccn(CCCc3ccccc3)c12. The van der Waals surface area contributed by atoms with Crippen LogP contribution in [-0.4, -0.2) is 9.67 Å². The number of aliphatic hydroxyl groups is 1. The van der Waals surface area contributed by atoms with Crippen molar-refractivity contribution in [2.24, 2.45) is 0 Å². The van der Waals surface area contributed by atoms with Gasteiger partial charge >= 0.3 is 0 Å². The molecule has 2 heteroatoms. The molecular formula is C18H19NO. The zero-order valence-electron chi connectivity index (χ0n) is 11.5. The highest BCUT2D eigenvalue weighted by atomic mass is 16.3. The first-order valence-electron chi connectivity index (χ1n) is 7.10. The third-order valence-corrected chi connectivity index (χ3v) is 3.75. The monoisotopic (exact) mass is 265 g/mol. The van der Waals surface area contributed by atoms with E-state index in [1.54, 1.807) is 0 Å². The van der Waals surface area contributed by atoms with E-state index >= 15 is 0 Å². The van der Waals surface area contributed by atoms with Crippen molar-refractivity contribution in [2.75, 3.05) is 0 Å². The highest BCUT2D eigenvalue weighted by Gasteiger charge is 2.05. The number of nitrogens with zero attached hydrogens (tertiary/aromatic N) is 1. The summed E-state index contributed by atoms with van der Waals surface area (Å²) >= 11 is 0. The summed E-state index contributed by atoms with van der Waals surface area (Å²) in [6, 6.07) is 18.8.